The van der Waals surface area contributed by atoms with Gasteiger partial charge in [-0.15, -0.1) is 0 Å². The molecule has 2 rings (SSSR count). The predicted molar refractivity (Wildman–Crippen MR) is 81.1 cm³/mol. The second-order valence-corrected chi connectivity index (χ2v) is 5.30. The lowest BCUT2D eigenvalue weighted by atomic mass is 10.2. The lowest BCUT2D eigenvalue weighted by Gasteiger charge is -2.11. The number of hydrogen-bond donors (Lipinski definition) is 1. The molecule has 0 aliphatic carbocycles. The average molecular weight is 324 g/mol. The van der Waals surface area contributed by atoms with Gasteiger partial charge in [-0.3, -0.25) is 4.57 Å². The van der Waals surface area contributed by atoms with E-state index in [1.165, 1.54) is 5.56 Å². The Labute approximate surface area is 121 Å². The predicted octanol–water partition coefficient (Wildman–Crippen LogP) is 3.31. The molecule has 0 aliphatic heterocycles. The van der Waals surface area contributed by atoms with Crippen molar-refractivity contribution in [2.24, 2.45) is 0 Å². The van der Waals surface area contributed by atoms with Crippen molar-refractivity contribution in [3.63, 3.8) is 0 Å². The van der Waals surface area contributed by atoms with Crippen LogP contribution in [0.1, 0.15) is 11.3 Å². The van der Waals surface area contributed by atoms with Crippen LogP contribution in [0.15, 0.2) is 28.9 Å². The molecule has 0 radical (unpaired) electrons. The summed E-state index contributed by atoms with van der Waals surface area (Å²) in [5, 5.41) is 3.29. The second kappa shape index (κ2) is 6.21. The van der Waals surface area contributed by atoms with Crippen LogP contribution in [-0.2, 0) is 4.74 Å². The Hall–Kier alpha value is -1.33. The minimum atomic E-state index is 0.654. The number of aryl methyl sites for hydroxylation is 2. The number of rotatable bonds is 5. The number of aromatic nitrogens is 2. The van der Waals surface area contributed by atoms with Crippen LogP contribution in [0.25, 0.3) is 5.69 Å². The van der Waals surface area contributed by atoms with Gasteiger partial charge in [0.1, 0.15) is 0 Å². The molecule has 0 spiro atoms. The molecule has 0 bridgehead atoms. The van der Waals surface area contributed by atoms with E-state index in [-0.39, 0.29) is 0 Å². The zero-order chi connectivity index (χ0) is 13.8. The maximum absolute atomic E-state index is 5.05. The molecule has 0 aliphatic rings. The van der Waals surface area contributed by atoms with Crippen molar-refractivity contribution in [3.05, 3.63) is 40.1 Å². The summed E-state index contributed by atoms with van der Waals surface area (Å²) in [4.78, 5) is 4.51. The van der Waals surface area contributed by atoms with Crippen LogP contribution in [0, 0.1) is 13.8 Å². The van der Waals surface area contributed by atoms with Gasteiger partial charge in [0.05, 0.1) is 18.0 Å². The standard InChI is InChI=1S/C14H18BrN3O/c1-10-4-5-12(15)13(8-10)18-9-11(2)17-14(18)16-6-7-19-3/h4-5,8-9H,6-7H2,1-3H3,(H,16,17). The highest BCUT2D eigenvalue weighted by Gasteiger charge is 2.10. The Morgan fingerprint density at radius 1 is 1.37 bits per heavy atom. The SMILES string of the molecule is COCCNc1nc(C)cn1-c1cc(C)ccc1Br. The van der Waals surface area contributed by atoms with Crippen molar-refractivity contribution in [1.29, 1.82) is 0 Å². The van der Waals surface area contributed by atoms with Crippen LogP contribution in [0.3, 0.4) is 0 Å². The summed E-state index contributed by atoms with van der Waals surface area (Å²) in [6, 6.07) is 6.26. The number of hydrogen-bond acceptors (Lipinski definition) is 3. The van der Waals surface area contributed by atoms with E-state index in [4.69, 9.17) is 4.74 Å². The Kier molecular flexibility index (Phi) is 4.61. The Bertz CT molecular complexity index is 566. The fourth-order valence-corrected chi connectivity index (χ4v) is 2.32. The van der Waals surface area contributed by atoms with Crippen molar-refractivity contribution in [3.8, 4) is 5.69 Å². The van der Waals surface area contributed by atoms with Crippen molar-refractivity contribution < 1.29 is 4.74 Å². The van der Waals surface area contributed by atoms with Crippen LogP contribution in [0.5, 0.6) is 0 Å². The van der Waals surface area contributed by atoms with Crippen molar-refractivity contribution in [2.45, 2.75) is 13.8 Å². The summed E-state index contributed by atoms with van der Waals surface area (Å²) < 4.78 is 8.15. The molecule has 0 atom stereocenters. The smallest absolute Gasteiger partial charge is 0.207 e. The number of methoxy groups -OCH3 is 1. The lowest BCUT2D eigenvalue weighted by molar-refractivity contribution is 0.210. The summed E-state index contributed by atoms with van der Waals surface area (Å²) in [6.07, 6.45) is 2.02. The molecule has 102 valence electrons. The molecule has 0 saturated heterocycles. The van der Waals surface area contributed by atoms with E-state index >= 15 is 0 Å². The third-order valence-electron chi connectivity index (χ3n) is 2.78. The number of halogens is 1. The van der Waals surface area contributed by atoms with Crippen LogP contribution >= 0.6 is 15.9 Å². The molecular weight excluding hydrogens is 306 g/mol. The molecule has 4 nitrogen and oxygen atoms in total. The highest BCUT2D eigenvalue weighted by atomic mass is 79.9. The van der Waals surface area contributed by atoms with Crippen LogP contribution < -0.4 is 5.32 Å². The van der Waals surface area contributed by atoms with E-state index in [1.807, 2.05) is 13.1 Å². The van der Waals surface area contributed by atoms with E-state index in [0.29, 0.717) is 6.61 Å². The minimum absolute atomic E-state index is 0.654. The number of ether oxygens (including phenoxy) is 1. The minimum Gasteiger partial charge on any atom is -0.383 e. The molecule has 5 heteroatoms. The highest BCUT2D eigenvalue weighted by Crippen LogP contribution is 2.25. The van der Waals surface area contributed by atoms with Gasteiger partial charge in [-0.2, -0.15) is 0 Å². The van der Waals surface area contributed by atoms with Gasteiger partial charge in [0.2, 0.25) is 5.95 Å². The first-order valence-corrected chi connectivity index (χ1v) is 6.96. The Morgan fingerprint density at radius 3 is 2.89 bits per heavy atom. The van der Waals surface area contributed by atoms with Crippen molar-refractivity contribution >= 4 is 21.9 Å². The largest absolute Gasteiger partial charge is 0.383 e. The number of nitrogens with one attached hydrogen (secondary N) is 1. The lowest BCUT2D eigenvalue weighted by Crippen LogP contribution is -2.11. The van der Waals surface area contributed by atoms with E-state index in [2.05, 4.69) is 55.9 Å². The molecule has 1 aromatic heterocycles. The first-order valence-electron chi connectivity index (χ1n) is 6.17. The summed E-state index contributed by atoms with van der Waals surface area (Å²) in [6.45, 7) is 5.46. The zero-order valence-electron chi connectivity index (χ0n) is 11.4. The van der Waals surface area contributed by atoms with Gasteiger partial charge >= 0.3 is 0 Å². The molecule has 1 aromatic carbocycles. The number of benzene rings is 1. The number of nitrogens with zero attached hydrogens (tertiary/aromatic N) is 2. The fourth-order valence-electron chi connectivity index (χ4n) is 1.88. The van der Waals surface area contributed by atoms with Gasteiger partial charge in [0.15, 0.2) is 0 Å². The molecule has 0 amide bonds. The summed E-state index contributed by atoms with van der Waals surface area (Å²) in [5.74, 6) is 0.834. The van der Waals surface area contributed by atoms with Gasteiger partial charge in [0, 0.05) is 24.3 Å². The van der Waals surface area contributed by atoms with E-state index < -0.39 is 0 Å². The summed E-state index contributed by atoms with van der Waals surface area (Å²) in [5.41, 5.74) is 3.28. The van der Waals surface area contributed by atoms with E-state index in [1.54, 1.807) is 7.11 Å². The second-order valence-electron chi connectivity index (χ2n) is 4.45. The summed E-state index contributed by atoms with van der Waals surface area (Å²) >= 11 is 3.59. The third kappa shape index (κ3) is 3.36. The highest BCUT2D eigenvalue weighted by molar-refractivity contribution is 9.10. The first kappa shape index (κ1) is 14.1. The van der Waals surface area contributed by atoms with Crippen molar-refractivity contribution in [2.75, 3.05) is 25.6 Å². The van der Waals surface area contributed by atoms with Gasteiger partial charge in [-0.25, -0.2) is 4.98 Å². The molecule has 0 fully saturated rings. The molecule has 0 saturated carbocycles. The average Bonchev–Trinajstić information content (AvgIpc) is 2.74. The monoisotopic (exact) mass is 323 g/mol. The number of anilines is 1. The molecule has 0 unspecified atom stereocenters. The zero-order valence-corrected chi connectivity index (χ0v) is 13.0. The maximum Gasteiger partial charge on any atom is 0.207 e. The van der Waals surface area contributed by atoms with Gasteiger partial charge < -0.3 is 10.1 Å². The Morgan fingerprint density at radius 2 is 2.16 bits per heavy atom. The fraction of sp³-hybridized carbons (Fsp3) is 0.357. The van der Waals surface area contributed by atoms with Crippen molar-refractivity contribution in [1.82, 2.24) is 9.55 Å². The molecular formula is C14H18BrN3O. The number of imidazole rings is 1. The first-order chi connectivity index (χ1) is 9.11. The molecule has 2 aromatic rings. The van der Waals surface area contributed by atoms with Gasteiger partial charge in [-0.1, -0.05) is 6.07 Å². The summed E-state index contributed by atoms with van der Waals surface area (Å²) in [7, 11) is 1.69. The quantitative estimate of drug-likeness (QED) is 0.858. The molecule has 1 N–H and O–H groups in total. The van der Waals surface area contributed by atoms with Gasteiger partial charge in [0.25, 0.3) is 0 Å². The Balaban J connectivity index is 2.35. The molecule has 19 heavy (non-hydrogen) atoms. The van der Waals surface area contributed by atoms with E-state index in [9.17, 15) is 0 Å². The maximum atomic E-state index is 5.05. The molecule has 1 heterocycles. The van der Waals surface area contributed by atoms with Gasteiger partial charge in [-0.05, 0) is 47.5 Å². The topological polar surface area (TPSA) is 39.1 Å². The van der Waals surface area contributed by atoms with Crippen LogP contribution in [0.4, 0.5) is 5.95 Å². The van der Waals surface area contributed by atoms with Crippen LogP contribution in [-0.4, -0.2) is 29.8 Å². The third-order valence-corrected chi connectivity index (χ3v) is 3.45. The van der Waals surface area contributed by atoms with Crippen LogP contribution in [0.2, 0.25) is 0 Å². The van der Waals surface area contributed by atoms with E-state index in [0.717, 1.165) is 28.3 Å². The normalized spacial score (nSPS) is 10.7.